The number of aromatic nitrogens is 6. The van der Waals surface area contributed by atoms with Gasteiger partial charge < -0.3 is 15.2 Å². The van der Waals surface area contributed by atoms with Crippen molar-refractivity contribution in [2.45, 2.75) is 0 Å². The highest BCUT2D eigenvalue weighted by molar-refractivity contribution is 6.12. The molecule has 4 heterocycles. The van der Waals surface area contributed by atoms with Crippen LogP contribution in [-0.2, 0) is 0 Å². The van der Waals surface area contributed by atoms with E-state index in [1.807, 2.05) is 98.2 Å². The van der Waals surface area contributed by atoms with Crippen LogP contribution in [0.25, 0.3) is 55.5 Å². The van der Waals surface area contributed by atoms with Crippen molar-refractivity contribution in [2.24, 2.45) is 0 Å². The molecule has 0 fully saturated rings. The summed E-state index contributed by atoms with van der Waals surface area (Å²) in [4.78, 5) is 32.5. The Labute approximate surface area is 228 Å². The second-order valence-corrected chi connectivity index (χ2v) is 9.78. The number of hydrogen-bond acceptors (Lipinski definition) is 6. The van der Waals surface area contributed by atoms with Crippen molar-refractivity contribution in [1.82, 2.24) is 30.1 Å². The summed E-state index contributed by atoms with van der Waals surface area (Å²) < 4.78 is 0. The largest absolute Gasteiger partial charge is 0.378 e. The van der Waals surface area contributed by atoms with Gasteiger partial charge in [-0.3, -0.25) is 14.9 Å². The number of carbonyl (C=O) groups excluding carboxylic acids is 1. The standard InChI is InChI=1S/C31H24N8O/c1-39(2)21-12-10-20(11-13-21)34-31(40)23-8-5-9-26-27(23)36-30(35-26)28-24-14-19(16-33-29(24)38-37-28)25-17-32-15-18-6-3-4-7-22(18)25/h3-17H,1-2H3,(H,34,40)(H,35,36)(H,33,37,38). The molecule has 7 aromatic rings. The lowest BCUT2D eigenvalue weighted by Crippen LogP contribution is -2.13. The smallest absolute Gasteiger partial charge is 0.257 e. The Balaban J connectivity index is 1.26. The molecule has 0 atom stereocenters. The minimum Gasteiger partial charge on any atom is -0.378 e. The Morgan fingerprint density at radius 2 is 1.75 bits per heavy atom. The van der Waals surface area contributed by atoms with E-state index in [0.717, 1.165) is 38.5 Å². The van der Waals surface area contributed by atoms with Crippen LogP contribution in [0, 0.1) is 0 Å². The van der Waals surface area contributed by atoms with Crippen molar-refractivity contribution >= 4 is 50.1 Å². The van der Waals surface area contributed by atoms with E-state index in [2.05, 4.69) is 36.5 Å². The molecule has 3 aromatic carbocycles. The fourth-order valence-electron chi connectivity index (χ4n) is 4.95. The van der Waals surface area contributed by atoms with Crippen molar-refractivity contribution in [2.75, 3.05) is 24.3 Å². The molecule has 7 rings (SSSR count). The zero-order valence-corrected chi connectivity index (χ0v) is 21.8. The third kappa shape index (κ3) is 4.01. The topological polar surface area (TPSA) is 115 Å². The number of fused-ring (bicyclic) bond motifs is 3. The van der Waals surface area contributed by atoms with Gasteiger partial charge in [-0.2, -0.15) is 5.10 Å². The number of imidazole rings is 1. The Bertz CT molecular complexity index is 2030. The summed E-state index contributed by atoms with van der Waals surface area (Å²) >= 11 is 0. The molecule has 0 aliphatic carbocycles. The van der Waals surface area contributed by atoms with E-state index in [0.29, 0.717) is 33.9 Å². The third-order valence-electron chi connectivity index (χ3n) is 7.02. The number of hydrogen-bond donors (Lipinski definition) is 3. The molecular weight excluding hydrogens is 500 g/mol. The van der Waals surface area contributed by atoms with Crippen LogP contribution in [0.2, 0.25) is 0 Å². The lowest BCUT2D eigenvalue weighted by Gasteiger charge is -2.13. The van der Waals surface area contributed by atoms with Crippen LogP contribution in [0.1, 0.15) is 10.4 Å². The average Bonchev–Trinajstić information content (AvgIpc) is 3.61. The minimum atomic E-state index is -0.236. The molecule has 0 aliphatic heterocycles. The highest BCUT2D eigenvalue weighted by Crippen LogP contribution is 2.32. The number of rotatable bonds is 5. The average molecular weight is 525 g/mol. The number of pyridine rings is 2. The van der Waals surface area contributed by atoms with E-state index in [9.17, 15) is 4.79 Å². The Kier molecular flexibility index (Phi) is 5.48. The van der Waals surface area contributed by atoms with E-state index in [-0.39, 0.29) is 5.91 Å². The molecule has 3 N–H and O–H groups in total. The van der Waals surface area contributed by atoms with Gasteiger partial charge in [-0.15, -0.1) is 0 Å². The number of aromatic amines is 2. The first kappa shape index (κ1) is 23.5. The summed E-state index contributed by atoms with van der Waals surface area (Å²) in [6, 6.07) is 23.4. The maximum absolute atomic E-state index is 13.3. The van der Waals surface area contributed by atoms with E-state index in [1.54, 1.807) is 6.07 Å². The van der Waals surface area contributed by atoms with Crippen LogP contribution in [0.5, 0.6) is 0 Å². The molecular formula is C31H24N8O. The maximum atomic E-state index is 13.3. The van der Waals surface area contributed by atoms with Gasteiger partial charge in [0.1, 0.15) is 11.2 Å². The van der Waals surface area contributed by atoms with Crippen LogP contribution >= 0.6 is 0 Å². The Hall–Kier alpha value is -5.57. The van der Waals surface area contributed by atoms with Gasteiger partial charge in [0, 0.05) is 60.6 Å². The molecule has 1 amide bonds. The predicted molar refractivity (Wildman–Crippen MR) is 158 cm³/mol. The molecule has 194 valence electrons. The number of para-hydroxylation sites is 1. The second-order valence-electron chi connectivity index (χ2n) is 9.78. The van der Waals surface area contributed by atoms with Gasteiger partial charge in [-0.1, -0.05) is 30.3 Å². The summed E-state index contributed by atoms with van der Waals surface area (Å²) in [6.45, 7) is 0. The van der Waals surface area contributed by atoms with Crippen molar-refractivity contribution < 1.29 is 4.79 Å². The molecule has 9 nitrogen and oxygen atoms in total. The number of benzene rings is 3. The molecule has 0 bridgehead atoms. The van der Waals surface area contributed by atoms with Gasteiger partial charge in [-0.25, -0.2) is 9.97 Å². The number of nitrogens with zero attached hydrogens (tertiary/aromatic N) is 5. The summed E-state index contributed by atoms with van der Waals surface area (Å²) in [6.07, 6.45) is 5.53. The highest BCUT2D eigenvalue weighted by atomic mass is 16.1. The number of amides is 1. The molecule has 40 heavy (non-hydrogen) atoms. The molecule has 4 aromatic heterocycles. The second kappa shape index (κ2) is 9.32. The fourth-order valence-corrected chi connectivity index (χ4v) is 4.95. The number of H-pyrrole nitrogens is 2. The van der Waals surface area contributed by atoms with Crippen LogP contribution in [0.15, 0.2) is 91.4 Å². The normalized spacial score (nSPS) is 11.3. The molecule has 0 aliphatic rings. The predicted octanol–water partition coefficient (Wildman–Crippen LogP) is 6.03. The molecule has 9 heteroatoms. The highest BCUT2D eigenvalue weighted by Gasteiger charge is 2.19. The number of carbonyl (C=O) groups is 1. The van der Waals surface area contributed by atoms with Gasteiger partial charge in [0.15, 0.2) is 11.5 Å². The monoisotopic (exact) mass is 524 g/mol. The fraction of sp³-hybridized carbons (Fsp3) is 0.0645. The first-order valence-corrected chi connectivity index (χ1v) is 12.8. The first-order valence-electron chi connectivity index (χ1n) is 12.8. The molecule has 0 spiro atoms. The summed E-state index contributed by atoms with van der Waals surface area (Å²) in [5, 5.41) is 13.5. The Morgan fingerprint density at radius 3 is 2.60 bits per heavy atom. The van der Waals surface area contributed by atoms with Gasteiger partial charge in [0.2, 0.25) is 0 Å². The van der Waals surface area contributed by atoms with Crippen LogP contribution in [0.3, 0.4) is 0 Å². The maximum Gasteiger partial charge on any atom is 0.257 e. The first-order chi connectivity index (χ1) is 19.5. The third-order valence-corrected chi connectivity index (χ3v) is 7.02. The van der Waals surface area contributed by atoms with Crippen molar-refractivity contribution in [3.63, 3.8) is 0 Å². The van der Waals surface area contributed by atoms with Gasteiger partial charge in [0.25, 0.3) is 5.91 Å². The SMILES string of the molecule is CN(C)c1ccc(NC(=O)c2cccc3[nH]c(-c4n[nH]c5ncc(-c6cncc7ccccc67)cc45)nc23)cc1. The van der Waals surface area contributed by atoms with E-state index in [4.69, 9.17) is 4.98 Å². The molecule has 0 radical (unpaired) electrons. The molecule has 0 saturated heterocycles. The van der Waals surface area contributed by atoms with Crippen molar-refractivity contribution in [3.8, 4) is 22.6 Å². The lowest BCUT2D eigenvalue weighted by molar-refractivity contribution is 0.102. The van der Waals surface area contributed by atoms with Crippen LogP contribution < -0.4 is 10.2 Å². The zero-order valence-electron chi connectivity index (χ0n) is 21.8. The minimum absolute atomic E-state index is 0.236. The van der Waals surface area contributed by atoms with E-state index in [1.165, 1.54) is 0 Å². The summed E-state index contributed by atoms with van der Waals surface area (Å²) in [5.41, 5.74) is 6.73. The summed E-state index contributed by atoms with van der Waals surface area (Å²) in [5.74, 6) is 0.312. The lowest BCUT2D eigenvalue weighted by atomic mass is 10.0. The van der Waals surface area contributed by atoms with Crippen molar-refractivity contribution in [1.29, 1.82) is 0 Å². The van der Waals surface area contributed by atoms with Gasteiger partial charge in [0.05, 0.1) is 16.5 Å². The molecule has 0 saturated carbocycles. The van der Waals surface area contributed by atoms with Crippen LogP contribution in [-0.4, -0.2) is 50.1 Å². The summed E-state index contributed by atoms with van der Waals surface area (Å²) in [7, 11) is 3.95. The van der Waals surface area contributed by atoms with Gasteiger partial charge >= 0.3 is 0 Å². The van der Waals surface area contributed by atoms with Crippen molar-refractivity contribution in [3.05, 3.63) is 97.0 Å². The van der Waals surface area contributed by atoms with Gasteiger partial charge in [-0.05, 0) is 47.9 Å². The van der Waals surface area contributed by atoms with E-state index >= 15 is 0 Å². The van der Waals surface area contributed by atoms with Crippen LogP contribution in [0.4, 0.5) is 11.4 Å². The zero-order chi connectivity index (χ0) is 27.2. The molecule has 0 unspecified atom stereocenters. The Morgan fingerprint density at radius 1 is 0.900 bits per heavy atom. The number of anilines is 2. The van der Waals surface area contributed by atoms with E-state index < -0.39 is 0 Å². The quantitative estimate of drug-likeness (QED) is 0.253. The number of nitrogens with one attached hydrogen (secondary N) is 3.